The van der Waals surface area contributed by atoms with E-state index in [1.165, 1.54) is 0 Å². The molecule has 0 fully saturated rings. The van der Waals surface area contributed by atoms with Gasteiger partial charge < -0.3 is 4.42 Å². The Kier molecular flexibility index (Phi) is 2.22. The monoisotopic (exact) mass is 274 g/mol. The molecule has 2 heterocycles. The van der Waals surface area contributed by atoms with Crippen molar-refractivity contribution < 1.29 is 4.42 Å². The highest BCUT2D eigenvalue weighted by molar-refractivity contribution is 9.10. The fourth-order valence-electron chi connectivity index (χ4n) is 1.56. The molecule has 0 unspecified atom stereocenters. The van der Waals surface area contributed by atoms with Gasteiger partial charge in [0.15, 0.2) is 5.82 Å². The molecule has 0 spiro atoms. The summed E-state index contributed by atoms with van der Waals surface area (Å²) in [5, 5.41) is 1.01. The first-order chi connectivity index (χ1) is 7.84. The van der Waals surface area contributed by atoms with Crippen molar-refractivity contribution in [3.63, 3.8) is 0 Å². The van der Waals surface area contributed by atoms with Crippen LogP contribution in [0.25, 0.3) is 22.3 Å². The number of hydrogen-bond donors (Lipinski definition) is 0. The molecule has 16 heavy (non-hydrogen) atoms. The normalized spacial score (nSPS) is 10.8. The van der Waals surface area contributed by atoms with E-state index in [0.29, 0.717) is 5.82 Å². The smallest absolute Gasteiger partial charge is 0.164 e. The van der Waals surface area contributed by atoms with Crippen LogP contribution in [0.1, 0.15) is 0 Å². The van der Waals surface area contributed by atoms with Crippen molar-refractivity contribution in [2.75, 3.05) is 0 Å². The number of aromatic nitrogens is 2. The number of fused-ring (bicyclic) bond motifs is 1. The Morgan fingerprint density at radius 3 is 2.75 bits per heavy atom. The standard InChI is InChI=1S/C12H7BrN2O/c13-11-9-3-1-2-4-10(9)14-12(15-11)8-5-6-16-7-8/h1-7H. The zero-order valence-corrected chi connectivity index (χ0v) is 9.81. The molecular weight excluding hydrogens is 268 g/mol. The van der Waals surface area contributed by atoms with Crippen LogP contribution < -0.4 is 0 Å². The van der Waals surface area contributed by atoms with Crippen molar-refractivity contribution in [2.24, 2.45) is 0 Å². The molecule has 0 saturated carbocycles. The second kappa shape index (κ2) is 3.72. The van der Waals surface area contributed by atoms with Gasteiger partial charge in [0.2, 0.25) is 0 Å². The van der Waals surface area contributed by atoms with Crippen LogP contribution in [0.15, 0.2) is 51.9 Å². The minimum Gasteiger partial charge on any atom is -0.472 e. The first-order valence-electron chi connectivity index (χ1n) is 4.79. The Morgan fingerprint density at radius 1 is 1.06 bits per heavy atom. The number of halogens is 1. The van der Waals surface area contributed by atoms with Crippen LogP contribution in [0.4, 0.5) is 0 Å². The van der Waals surface area contributed by atoms with Gasteiger partial charge in [-0.05, 0) is 28.1 Å². The number of furan rings is 1. The van der Waals surface area contributed by atoms with Gasteiger partial charge in [-0.2, -0.15) is 0 Å². The molecule has 0 N–H and O–H groups in total. The Bertz CT molecular complexity index is 635. The van der Waals surface area contributed by atoms with E-state index in [-0.39, 0.29) is 0 Å². The number of rotatable bonds is 1. The molecule has 0 bridgehead atoms. The summed E-state index contributed by atoms with van der Waals surface area (Å²) in [6, 6.07) is 9.72. The zero-order chi connectivity index (χ0) is 11.0. The Balaban J connectivity index is 2.29. The highest BCUT2D eigenvalue weighted by Crippen LogP contribution is 2.24. The molecule has 1 aromatic carbocycles. The van der Waals surface area contributed by atoms with Gasteiger partial charge in [0, 0.05) is 5.39 Å². The summed E-state index contributed by atoms with van der Waals surface area (Å²) < 4.78 is 5.83. The molecular formula is C12H7BrN2O. The summed E-state index contributed by atoms with van der Waals surface area (Å²) in [6.45, 7) is 0. The van der Waals surface area contributed by atoms with Gasteiger partial charge in [-0.1, -0.05) is 18.2 Å². The van der Waals surface area contributed by atoms with Crippen LogP contribution in [0.2, 0.25) is 0 Å². The van der Waals surface area contributed by atoms with Crippen LogP contribution in [0.5, 0.6) is 0 Å². The van der Waals surface area contributed by atoms with E-state index in [2.05, 4.69) is 25.9 Å². The van der Waals surface area contributed by atoms with Crippen LogP contribution in [-0.2, 0) is 0 Å². The average Bonchev–Trinajstić information content (AvgIpc) is 2.82. The first-order valence-corrected chi connectivity index (χ1v) is 5.59. The largest absolute Gasteiger partial charge is 0.472 e. The maximum absolute atomic E-state index is 5.03. The second-order valence-electron chi connectivity index (χ2n) is 3.37. The van der Waals surface area contributed by atoms with Crippen LogP contribution >= 0.6 is 15.9 Å². The van der Waals surface area contributed by atoms with E-state index in [1.807, 2.05) is 30.3 Å². The molecule has 0 amide bonds. The van der Waals surface area contributed by atoms with Crippen molar-refractivity contribution in [2.45, 2.75) is 0 Å². The predicted molar refractivity (Wildman–Crippen MR) is 64.9 cm³/mol. The molecule has 3 aromatic rings. The van der Waals surface area contributed by atoms with Crippen LogP contribution in [0.3, 0.4) is 0 Å². The van der Waals surface area contributed by atoms with Gasteiger partial charge in [-0.25, -0.2) is 9.97 Å². The van der Waals surface area contributed by atoms with Crippen molar-refractivity contribution in [3.8, 4) is 11.4 Å². The lowest BCUT2D eigenvalue weighted by atomic mass is 10.2. The number of benzene rings is 1. The average molecular weight is 275 g/mol. The summed E-state index contributed by atoms with van der Waals surface area (Å²) >= 11 is 3.45. The molecule has 0 aliphatic rings. The minimum atomic E-state index is 0.666. The Labute approximate surface area is 100 Å². The van der Waals surface area contributed by atoms with Gasteiger partial charge in [-0.15, -0.1) is 0 Å². The fourth-order valence-corrected chi connectivity index (χ4v) is 2.06. The summed E-state index contributed by atoms with van der Waals surface area (Å²) in [7, 11) is 0. The lowest BCUT2D eigenvalue weighted by Gasteiger charge is -2.02. The highest BCUT2D eigenvalue weighted by Gasteiger charge is 2.07. The van der Waals surface area contributed by atoms with E-state index >= 15 is 0 Å². The fraction of sp³-hybridized carbons (Fsp3) is 0. The molecule has 0 radical (unpaired) electrons. The van der Waals surface area contributed by atoms with E-state index < -0.39 is 0 Å². The van der Waals surface area contributed by atoms with Crippen molar-refractivity contribution in [1.82, 2.24) is 9.97 Å². The molecule has 4 heteroatoms. The maximum atomic E-state index is 5.03. The van der Waals surface area contributed by atoms with E-state index in [0.717, 1.165) is 21.1 Å². The predicted octanol–water partition coefficient (Wildman–Crippen LogP) is 3.65. The Morgan fingerprint density at radius 2 is 1.94 bits per heavy atom. The van der Waals surface area contributed by atoms with Gasteiger partial charge in [0.1, 0.15) is 10.9 Å². The summed E-state index contributed by atoms with van der Waals surface area (Å²) in [6.07, 6.45) is 3.25. The van der Waals surface area contributed by atoms with Crippen molar-refractivity contribution in [1.29, 1.82) is 0 Å². The molecule has 78 valence electrons. The minimum absolute atomic E-state index is 0.666. The molecule has 0 saturated heterocycles. The van der Waals surface area contributed by atoms with Gasteiger partial charge in [0.25, 0.3) is 0 Å². The van der Waals surface area contributed by atoms with Crippen LogP contribution in [0, 0.1) is 0 Å². The number of hydrogen-bond acceptors (Lipinski definition) is 3. The third-order valence-corrected chi connectivity index (χ3v) is 2.94. The van der Waals surface area contributed by atoms with E-state index in [9.17, 15) is 0 Å². The summed E-state index contributed by atoms with van der Waals surface area (Å²) in [5.74, 6) is 0.666. The second-order valence-corrected chi connectivity index (χ2v) is 4.12. The highest BCUT2D eigenvalue weighted by atomic mass is 79.9. The van der Waals surface area contributed by atoms with Gasteiger partial charge in [0.05, 0.1) is 17.3 Å². The molecule has 0 atom stereocenters. The number of para-hydroxylation sites is 1. The van der Waals surface area contributed by atoms with Crippen LogP contribution in [-0.4, -0.2) is 9.97 Å². The maximum Gasteiger partial charge on any atom is 0.164 e. The lowest BCUT2D eigenvalue weighted by molar-refractivity contribution is 0.568. The lowest BCUT2D eigenvalue weighted by Crippen LogP contribution is -1.90. The molecule has 3 nitrogen and oxygen atoms in total. The third-order valence-electron chi connectivity index (χ3n) is 2.34. The van der Waals surface area contributed by atoms with Crippen molar-refractivity contribution in [3.05, 3.63) is 47.5 Å². The van der Waals surface area contributed by atoms with Crippen molar-refractivity contribution >= 4 is 26.8 Å². The molecule has 2 aromatic heterocycles. The number of nitrogens with zero attached hydrogens (tertiary/aromatic N) is 2. The summed E-state index contributed by atoms with van der Waals surface area (Å²) in [4.78, 5) is 8.87. The quantitative estimate of drug-likeness (QED) is 0.636. The SMILES string of the molecule is Brc1nc(-c2ccoc2)nc2ccccc12. The topological polar surface area (TPSA) is 38.9 Å². The molecule has 3 rings (SSSR count). The first kappa shape index (κ1) is 9.54. The molecule has 0 aliphatic heterocycles. The zero-order valence-electron chi connectivity index (χ0n) is 8.22. The molecule has 0 aliphatic carbocycles. The Hall–Kier alpha value is -1.68. The summed E-state index contributed by atoms with van der Waals surface area (Å²) in [5.41, 5.74) is 1.80. The van der Waals surface area contributed by atoms with Gasteiger partial charge >= 0.3 is 0 Å². The van der Waals surface area contributed by atoms with E-state index in [1.54, 1.807) is 12.5 Å². The van der Waals surface area contributed by atoms with E-state index in [4.69, 9.17) is 4.42 Å². The third kappa shape index (κ3) is 1.51. The van der Waals surface area contributed by atoms with Gasteiger partial charge in [-0.3, -0.25) is 0 Å².